The van der Waals surface area contributed by atoms with Gasteiger partial charge >= 0.3 is 0 Å². The second-order valence-electron chi connectivity index (χ2n) is 2.75. The lowest BCUT2D eigenvalue weighted by molar-refractivity contribution is 0.294. The van der Waals surface area contributed by atoms with E-state index >= 15 is 0 Å². The zero-order valence-electron chi connectivity index (χ0n) is 8.05. The van der Waals surface area contributed by atoms with Crippen LogP contribution in [-0.2, 0) is 0 Å². The Morgan fingerprint density at radius 2 is 2.14 bits per heavy atom. The van der Waals surface area contributed by atoms with Crippen molar-refractivity contribution < 1.29 is 9.47 Å². The van der Waals surface area contributed by atoms with Crippen molar-refractivity contribution in [3.8, 4) is 11.5 Å². The second kappa shape index (κ2) is 6.29. The van der Waals surface area contributed by atoms with Crippen molar-refractivity contribution >= 4 is 32.8 Å². The van der Waals surface area contributed by atoms with E-state index in [1.807, 2.05) is 18.2 Å². The molecule has 14 heavy (non-hydrogen) atoms. The Balaban J connectivity index is 2.65. The van der Waals surface area contributed by atoms with E-state index in [0.29, 0.717) is 6.61 Å². The van der Waals surface area contributed by atoms with Crippen LogP contribution < -0.4 is 9.47 Å². The maximum atomic E-state index is 5.56. The zero-order valence-corrected chi connectivity index (χ0v) is 11.2. The van der Waals surface area contributed by atoms with Crippen molar-refractivity contribution in [2.24, 2.45) is 0 Å². The van der Waals surface area contributed by atoms with Crippen molar-refractivity contribution in [3.05, 3.63) is 21.8 Å². The molecule has 75 valence electrons. The molecule has 0 atom stereocenters. The van der Waals surface area contributed by atoms with Crippen LogP contribution >= 0.6 is 22.6 Å². The number of hydrogen-bond acceptors (Lipinski definition) is 2. The standard InChI is InChI=1S/C10H12IO2Si/c1-12-10-7-8(11)3-4-9(10)13-5-2-6-14/h3-4,7H,2,5-6H2,1H3. The van der Waals surface area contributed by atoms with Crippen molar-refractivity contribution in [2.45, 2.75) is 12.5 Å². The molecule has 0 heterocycles. The third-order valence-corrected chi connectivity index (χ3v) is 2.73. The first-order valence-electron chi connectivity index (χ1n) is 4.39. The van der Waals surface area contributed by atoms with Crippen LogP contribution in [0.5, 0.6) is 11.5 Å². The topological polar surface area (TPSA) is 18.5 Å². The van der Waals surface area contributed by atoms with Crippen LogP contribution in [0.4, 0.5) is 0 Å². The summed E-state index contributed by atoms with van der Waals surface area (Å²) in [7, 11) is 5.06. The maximum Gasteiger partial charge on any atom is 0.161 e. The monoisotopic (exact) mass is 319 g/mol. The van der Waals surface area contributed by atoms with Gasteiger partial charge in [-0.15, -0.1) is 0 Å². The third-order valence-electron chi connectivity index (χ3n) is 1.70. The Bertz CT molecular complexity index is 291. The lowest BCUT2D eigenvalue weighted by Gasteiger charge is -2.10. The summed E-state index contributed by atoms with van der Waals surface area (Å²) in [6.07, 6.45) is 0.992. The highest BCUT2D eigenvalue weighted by Crippen LogP contribution is 2.28. The fourth-order valence-corrected chi connectivity index (χ4v) is 1.62. The molecule has 0 aromatic heterocycles. The van der Waals surface area contributed by atoms with Crippen LogP contribution in [0.25, 0.3) is 0 Å². The fraction of sp³-hybridized carbons (Fsp3) is 0.400. The molecule has 3 radical (unpaired) electrons. The van der Waals surface area contributed by atoms with E-state index in [4.69, 9.17) is 9.47 Å². The Labute approximate surface area is 102 Å². The summed E-state index contributed by atoms with van der Waals surface area (Å²) in [6.45, 7) is 0.709. The number of methoxy groups -OCH3 is 1. The summed E-state index contributed by atoms with van der Waals surface area (Å²) in [5, 5.41) is 0. The number of ether oxygens (including phenoxy) is 2. The summed E-state index contributed by atoms with van der Waals surface area (Å²) in [6, 6.07) is 6.86. The zero-order chi connectivity index (χ0) is 10.4. The Hall–Kier alpha value is -0.233. The molecular weight excluding hydrogens is 307 g/mol. The predicted octanol–water partition coefficient (Wildman–Crippen LogP) is 2.66. The molecule has 0 unspecified atom stereocenters. The average Bonchev–Trinajstić information content (AvgIpc) is 2.20. The normalized spacial score (nSPS) is 9.93. The number of hydrogen-bond donors (Lipinski definition) is 0. The first-order chi connectivity index (χ1) is 6.77. The molecule has 2 nitrogen and oxygen atoms in total. The summed E-state index contributed by atoms with van der Waals surface area (Å²) in [5.41, 5.74) is 0. The van der Waals surface area contributed by atoms with Crippen LogP contribution in [0, 0.1) is 3.57 Å². The summed E-state index contributed by atoms with van der Waals surface area (Å²) >= 11 is 2.25. The van der Waals surface area contributed by atoms with E-state index in [2.05, 4.69) is 32.8 Å². The van der Waals surface area contributed by atoms with Gasteiger partial charge in [0.1, 0.15) is 0 Å². The van der Waals surface area contributed by atoms with E-state index in [1.165, 1.54) is 0 Å². The molecular formula is C10H12IO2Si. The third kappa shape index (κ3) is 3.49. The van der Waals surface area contributed by atoms with Gasteiger partial charge in [-0.2, -0.15) is 0 Å². The van der Waals surface area contributed by atoms with Crippen LogP contribution in [0.3, 0.4) is 0 Å². The Morgan fingerprint density at radius 1 is 1.36 bits per heavy atom. The largest absolute Gasteiger partial charge is 0.493 e. The minimum absolute atomic E-state index is 0.709. The molecule has 0 fully saturated rings. The molecule has 0 aliphatic rings. The van der Waals surface area contributed by atoms with Gasteiger partial charge in [0, 0.05) is 13.8 Å². The highest BCUT2D eigenvalue weighted by atomic mass is 127. The fourth-order valence-electron chi connectivity index (χ4n) is 1.01. The van der Waals surface area contributed by atoms with Gasteiger partial charge in [-0.1, -0.05) is 6.04 Å². The van der Waals surface area contributed by atoms with Gasteiger partial charge in [-0.3, -0.25) is 0 Å². The van der Waals surface area contributed by atoms with Gasteiger partial charge in [0.25, 0.3) is 0 Å². The van der Waals surface area contributed by atoms with Crippen LogP contribution in [0.2, 0.25) is 6.04 Å². The summed E-state index contributed by atoms with van der Waals surface area (Å²) in [5.74, 6) is 1.61. The summed E-state index contributed by atoms with van der Waals surface area (Å²) in [4.78, 5) is 0. The van der Waals surface area contributed by atoms with Crippen LogP contribution in [-0.4, -0.2) is 24.0 Å². The van der Waals surface area contributed by atoms with Crippen LogP contribution in [0.1, 0.15) is 6.42 Å². The summed E-state index contributed by atoms with van der Waals surface area (Å²) < 4.78 is 11.9. The van der Waals surface area contributed by atoms with Gasteiger partial charge in [-0.25, -0.2) is 0 Å². The van der Waals surface area contributed by atoms with Gasteiger partial charge in [0.2, 0.25) is 0 Å². The minimum atomic E-state index is 0.709. The smallest absolute Gasteiger partial charge is 0.161 e. The first kappa shape index (κ1) is 11.8. The highest BCUT2D eigenvalue weighted by molar-refractivity contribution is 14.1. The van der Waals surface area contributed by atoms with Gasteiger partial charge in [0.15, 0.2) is 11.5 Å². The molecule has 0 aliphatic heterocycles. The highest BCUT2D eigenvalue weighted by Gasteiger charge is 2.03. The van der Waals surface area contributed by atoms with Crippen molar-refractivity contribution in [1.82, 2.24) is 0 Å². The molecule has 0 aliphatic carbocycles. The number of rotatable bonds is 5. The molecule has 0 saturated heterocycles. The Kier molecular flexibility index (Phi) is 5.32. The number of halogens is 1. The van der Waals surface area contributed by atoms with E-state index in [0.717, 1.165) is 27.5 Å². The molecule has 1 aromatic rings. The van der Waals surface area contributed by atoms with E-state index < -0.39 is 0 Å². The molecule has 0 saturated carbocycles. The van der Waals surface area contributed by atoms with Crippen molar-refractivity contribution in [3.63, 3.8) is 0 Å². The van der Waals surface area contributed by atoms with E-state index in [1.54, 1.807) is 7.11 Å². The maximum absolute atomic E-state index is 5.56. The molecule has 0 amide bonds. The van der Waals surface area contributed by atoms with E-state index in [9.17, 15) is 0 Å². The van der Waals surface area contributed by atoms with Crippen LogP contribution in [0.15, 0.2) is 18.2 Å². The van der Waals surface area contributed by atoms with Gasteiger partial charge < -0.3 is 9.47 Å². The first-order valence-corrected chi connectivity index (χ1v) is 6.17. The molecule has 0 bridgehead atoms. The number of benzene rings is 1. The van der Waals surface area contributed by atoms with Gasteiger partial charge in [0.05, 0.1) is 13.7 Å². The van der Waals surface area contributed by atoms with E-state index in [-0.39, 0.29) is 0 Å². The SMILES string of the molecule is COc1cc(I)ccc1OCCC[Si]. The molecule has 4 heteroatoms. The lowest BCUT2D eigenvalue weighted by atomic mass is 10.3. The van der Waals surface area contributed by atoms with Crippen molar-refractivity contribution in [1.29, 1.82) is 0 Å². The van der Waals surface area contributed by atoms with Crippen molar-refractivity contribution in [2.75, 3.05) is 13.7 Å². The predicted molar refractivity (Wildman–Crippen MR) is 66.4 cm³/mol. The molecule has 1 aromatic carbocycles. The Morgan fingerprint density at radius 3 is 2.79 bits per heavy atom. The molecule has 0 spiro atoms. The molecule has 0 N–H and O–H groups in total. The second-order valence-corrected chi connectivity index (χ2v) is 4.49. The quantitative estimate of drug-likeness (QED) is 0.472. The minimum Gasteiger partial charge on any atom is -0.493 e. The van der Waals surface area contributed by atoms with Gasteiger partial charge in [-0.05, 0) is 47.2 Å². The molecule has 1 rings (SSSR count). The average molecular weight is 319 g/mol. The lowest BCUT2D eigenvalue weighted by Crippen LogP contribution is -1.99.